The first kappa shape index (κ1) is 15.0. The summed E-state index contributed by atoms with van der Waals surface area (Å²) >= 11 is 0. The molecule has 0 spiro atoms. The van der Waals surface area contributed by atoms with Crippen LogP contribution in [-0.2, 0) is 25.8 Å². The summed E-state index contributed by atoms with van der Waals surface area (Å²) in [4.78, 5) is 11.6. The van der Waals surface area contributed by atoms with Crippen LogP contribution in [0.4, 0.5) is 0 Å². The third-order valence-electron chi connectivity index (χ3n) is 4.27. The fourth-order valence-electron chi connectivity index (χ4n) is 2.84. The lowest BCUT2D eigenvalue weighted by Gasteiger charge is -2.28. The SMILES string of the molecule is CCc1ncc2c(n1)CN(CCc1ccc(OC)cc1)CC2. The van der Waals surface area contributed by atoms with Crippen molar-refractivity contribution in [1.82, 2.24) is 14.9 Å². The summed E-state index contributed by atoms with van der Waals surface area (Å²) in [5, 5.41) is 0. The number of aryl methyl sites for hydroxylation is 1. The van der Waals surface area contributed by atoms with Gasteiger partial charge in [0.1, 0.15) is 11.6 Å². The Morgan fingerprint density at radius 1 is 1.23 bits per heavy atom. The molecule has 1 aromatic carbocycles. The van der Waals surface area contributed by atoms with Crippen molar-refractivity contribution >= 4 is 0 Å². The molecule has 4 nitrogen and oxygen atoms in total. The Balaban J connectivity index is 1.59. The van der Waals surface area contributed by atoms with Crippen molar-refractivity contribution in [2.75, 3.05) is 20.2 Å². The van der Waals surface area contributed by atoms with Crippen LogP contribution in [0.1, 0.15) is 29.6 Å². The van der Waals surface area contributed by atoms with Gasteiger partial charge < -0.3 is 4.74 Å². The van der Waals surface area contributed by atoms with Gasteiger partial charge in [-0.1, -0.05) is 19.1 Å². The third-order valence-corrected chi connectivity index (χ3v) is 4.27. The molecule has 0 radical (unpaired) electrons. The number of nitrogens with zero attached hydrogens (tertiary/aromatic N) is 3. The highest BCUT2D eigenvalue weighted by molar-refractivity contribution is 5.27. The molecule has 0 unspecified atom stereocenters. The van der Waals surface area contributed by atoms with E-state index in [-0.39, 0.29) is 0 Å². The fourth-order valence-corrected chi connectivity index (χ4v) is 2.84. The van der Waals surface area contributed by atoms with Crippen LogP contribution in [0, 0.1) is 0 Å². The number of hydrogen-bond acceptors (Lipinski definition) is 4. The van der Waals surface area contributed by atoms with E-state index in [2.05, 4.69) is 28.9 Å². The minimum atomic E-state index is 0.902. The van der Waals surface area contributed by atoms with Crippen LogP contribution in [-0.4, -0.2) is 35.1 Å². The van der Waals surface area contributed by atoms with Gasteiger partial charge in [-0.3, -0.25) is 4.90 Å². The van der Waals surface area contributed by atoms with Crippen LogP contribution in [0.15, 0.2) is 30.5 Å². The van der Waals surface area contributed by atoms with E-state index in [1.165, 1.54) is 16.8 Å². The predicted octanol–water partition coefficient (Wildman–Crippen LogP) is 2.65. The molecule has 1 aliphatic heterocycles. The lowest BCUT2D eigenvalue weighted by atomic mass is 10.1. The lowest BCUT2D eigenvalue weighted by Crippen LogP contribution is -2.33. The molecule has 22 heavy (non-hydrogen) atoms. The first-order valence-electron chi connectivity index (χ1n) is 7.97. The van der Waals surface area contributed by atoms with Crippen LogP contribution < -0.4 is 4.74 Å². The Bertz CT molecular complexity index is 625. The lowest BCUT2D eigenvalue weighted by molar-refractivity contribution is 0.252. The quantitative estimate of drug-likeness (QED) is 0.850. The largest absolute Gasteiger partial charge is 0.497 e. The van der Waals surface area contributed by atoms with Crippen molar-refractivity contribution in [3.8, 4) is 5.75 Å². The Kier molecular flexibility index (Phi) is 4.68. The Morgan fingerprint density at radius 3 is 2.77 bits per heavy atom. The van der Waals surface area contributed by atoms with Crippen molar-refractivity contribution in [1.29, 1.82) is 0 Å². The normalized spacial score (nSPS) is 14.6. The second-order valence-corrected chi connectivity index (χ2v) is 5.74. The zero-order chi connectivity index (χ0) is 15.4. The maximum absolute atomic E-state index is 5.20. The summed E-state index contributed by atoms with van der Waals surface area (Å²) < 4.78 is 5.20. The van der Waals surface area contributed by atoms with E-state index >= 15 is 0 Å². The van der Waals surface area contributed by atoms with Crippen molar-refractivity contribution in [3.63, 3.8) is 0 Å². The molecule has 0 atom stereocenters. The molecule has 0 amide bonds. The van der Waals surface area contributed by atoms with Crippen LogP contribution in [0.3, 0.4) is 0 Å². The highest BCUT2D eigenvalue weighted by atomic mass is 16.5. The fraction of sp³-hybridized carbons (Fsp3) is 0.444. The van der Waals surface area contributed by atoms with Crippen molar-refractivity contribution < 1.29 is 4.74 Å². The van der Waals surface area contributed by atoms with E-state index in [1.807, 2.05) is 18.3 Å². The molecule has 0 bridgehead atoms. The average Bonchev–Trinajstić information content (AvgIpc) is 2.59. The summed E-state index contributed by atoms with van der Waals surface area (Å²) in [7, 11) is 1.70. The van der Waals surface area contributed by atoms with E-state index in [4.69, 9.17) is 9.72 Å². The smallest absolute Gasteiger partial charge is 0.128 e. The number of hydrogen-bond donors (Lipinski definition) is 0. The molecule has 116 valence electrons. The van der Waals surface area contributed by atoms with Gasteiger partial charge in [-0.05, 0) is 36.1 Å². The Hall–Kier alpha value is -1.94. The molecule has 1 aliphatic rings. The number of benzene rings is 1. The van der Waals surface area contributed by atoms with Crippen LogP contribution in [0.25, 0.3) is 0 Å². The van der Waals surface area contributed by atoms with E-state index in [9.17, 15) is 0 Å². The molecule has 4 heteroatoms. The molecular formula is C18H23N3O. The second-order valence-electron chi connectivity index (χ2n) is 5.74. The van der Waals surface area contributed by atoms with E-state index < -0.39 is 0 Å². The summed E-state index contributed by atoms with van der Waals surface area (Å²) in [6.45, 7) is 5.21. The molecule has 0 aliphatic carbocycles. The monoisotopic (exact) mass is 297 g/mol. The molecule has 1 aromatic heterocycles. The Labute approximate surface area is 132 Å². The number of aromatic nitrogens is 2. The highest BCUT2D eigenvalue weighted by Gasteiger charge is 2.17. The molecular weight excluding hydrogens is 274 g/mol. The van der Waals surface area contributed by atoms with Gasteiger partial charge in [-0.15, -0.1) is 0 Å². The van der Waals surface area contributed by atoms with Gasteiger partial charge in [-0.25, -0.2) is 9.97 Å². The molecule has 0 saturated heterocycles. The third kappa shape index (κ3) is 3.45. The molecule has 2 heterocycles. The Morgan fingerprint density at radius 2 is 2.05 bits per heavy atom. The second kappa shape index (κ2) is 6.88. The summed E-state index contributed by atoms with van der Waals surface area (Å²) in [5.41, 5.74) is 3.88. The number of fused-ring (bicyclic) bond motifs is 1. The van der Waals surface area contributed by atoms with Gasteiger partial charge in [0.2, 0.25) is 0 Å². The van der Waals surface area contributed by atoms with Crippen LogP contribution >= 0.6 is 0 Å². The minimum absolute atomic E-state index is 0.902. The molecule has 0 fully saturated rings. The van der Waals surface area contributed by atoms with Crippen molar-refractivity contribution in [2.45, 2.75) is 32.7 Å². The van der Waals surface area contributed by atoms with Crippen LogP contribution in [0.5, 0.6) is 5.75 Å². The highest BCUT2D eigenvalue weighted by Crippen LogP contribution is 2.18. The maximum atomic E-state index is 5.20. The van der Waals surface area contributed by atoms with E-state index in [0.29, 0.717) is 0 Å². The minimum Gasteiger partial charge on any atom is -0.497 e. The first-order valence-corrected chi connectivity index (χ1v) is 7.97. The number of rotatable bonds is 5. The standard InChI is InChI=1S/C18H23N3O/c1-3-18-19-12-15-9-11-21(13-17(15)20-18)10-8-14-4-6-16(22-2)7-5-14/h4-7,12H,3,8-11,13H2,1-2H3. The van der Waals surface area contributed by atoms with Crippen molar-refractivity contribution in [2.24, 2.45) is 0 Å². The van der Waals surface area contributed by atoms with E-state index in [1.54, 1.807) is 7.11 Å². The first-order chi connectivity index (χ1) is 10.8. The van der Waals surface area contributed by atoms with Gasteiger partial charge in [0.25, 0.3) is 0 Å². The van der Waals surface area contributed by atoms with Crippen molar-refractivity contribution in [3.05, 3.63) is 53.1 Å². The maximum Gasteiger partial charge on any atom is 0.128 e. The molecule has 0 N–H and O–H groups in total. The number of methoxy groups -OCH3 is 1. The van der Waals surface area contributed by atoms with Gasteiger partial charge in [-0.2, -0.15) is 0 Å². The van der Waals surface area contributed by atoms with Crippen LogP contribution in [0.2, 0.25) is 0 Å². The number of ether oxygens (including phenoxy) is 1. The van der Waals surface area contributed by atoms with E-state index in [0.717, 1.165) is 50.5 Å². The van der Waals surface area contributed by atoms with Gasteiger partial charge >= 0.3 is 0 Å². The predicted molar refractivity (Wildman–Crippen MR) is 87.1 cm³/mol. The summed E-state index contributed by atoms with van der Waals surface area (Å²) in [6, 6.07) is 8.35. The average molecular weight is 297 g/mol. The summed E-state index contributed by atoms with van der Waals surface area (Å²) in [5.74, 6) is 1.87. The van der Waals surface area contributed by atoms with Gasteiger partial charge in [0.15, 0.2) is 0 Å². The zero-order valence-electron chi connectivity index (χ0n) is 13.4. The zero-order valence-corrected chi connectivity index (χ0v) is 13.4. The molecule has 3 rings (SSSR count). The van der Waals surface area contributed by atoms with Gasteiger partial charge in [0.05, 0.1) is 12.8 Å². The topological polar surface area (TPSA) is 38.2 Å². The molecule has 2 aromatic rings. The summed E-state index contributed by atoms with van der Waals surface area (Å²) in [6.07, 6.45) is 5.04. The molecule has 0 saturated carbocycles. The van der Waals surface area contributed by atoms with Gasteiger partial charge in [0, 0.05) is 32.3 Å².